The highest BCUT2D eigenvalue weighted by Crippen LogP contribution is 2.32. The molecule has 21 heavy (non-hydrogen) atoms. The Kier molecular flexibility index (Phi) is 4.77. The van der Waals surface area contributed by atoms with Crippen LogP contribution in [0.15, 0.2) is 17.3 Å². The summed E-state index contributed by atoms with van der Waals surface area (Å²) in [5.41, 5.74) is 5.20. The zero-order valence-corrected chi connectivity index (χ0v) is 14.9. The van der Waals surface area contributed by atoms with Gasteiger partial charge in [0.1, 0.15) is 0 Å². The lowest BCUT2D eigenvalue weighted by Gasteiger charge is -2.17. The summed E-state index contributed by atoms with van der Waals surface area (Å²) >= 11 is 1.65. The number of hydrogen-bond acceptors (Lipinski definition) is 3. The molecule has 4 heteroatoms. The van der Waals surface area contributed by atoms with Crippen LogP contribution in [0.3, 0.4) is 0 Å². The van der Waals surface area contributed by atoms with Crippen LogP contribution in [0, 0.1) is 13.8 Å². The number of hydrogen-bond donors (Lipinski definition) is 0. The van der Waals surface area contributed by atoms with Gasteiger partial charge in [-0.3, -0.25) is 4.57 Å². The lowest BCUT2D eigenvalue weighted by atomic mass is 9.92. The van der Waals surface area contributed by atoms with Crippen molar-refractivity contribution in [3.63, 3.8) is 0 Å². The maximum absolute atomic E-state index is 4.46. The molecular formula is C17H25N3S. The standard InChI is InChI=1S/C17H25N3S/c1-10(2)14-9-15(13(6)8-12(14)5)16-18-19-17(21-7)20(16)11(3)4/h8-11H,1-7H3. The maximum atomic E-state index is 4.46. The van der Waals surface area contributed by atoms with Crippen LogP contribution in [0.5, 0.6) is 0 Å². The van der Waals surface area contributed by atoms with E-state index in [9.17, 15) is 0 Å². The maximum Gasteiger partial charge on any atom is 0.191 e. The van der Waals surface area contributed by atoms with E-state index in [1.807, 2.05) is 6.26 Å². The highest BCUT2D eigenvalue weighted by Gasteiger charge is 2.18. The van der Waals surface area contributed by atoms with E-state index in [4.69, 9.17) is 0 Å². The molecule has 0 aliphatic heterocycles. The zero-order chi connectivity index (χ0) is 15.7. The summed E-state index contributed by atoms with van der Waals surface area (Å²) < 4.78 is 2.23. The third-order valence-electron chi connectivity index (χ3n) is 3.84. The first kappa shape index (κ1) is 16.1. The number of aryl methyl sites for hydroxylation is 2. The molecule has 1 heterocycles. The van der Waals surface area contributed by atoms with E-state index in [1.54, 1.807) is 11.8 Å². The molecule has 0 saturated carbocycles. The summed E-state index contributed by atoms with van der Waals surface area (Å²) in [6, 6.07) is 4.91. The number of benzene rings is 1. The zero-order valence-electron chi connectivity index (χ0n) is 14.1. The van der Waals surface area contributed by atoms with Crippen molar-refractivity contribution in [2.45, 2.75) is 58.7 Å². The molecule has 0 radical (unpaired) electrons. The van der Waals surface area contributed by atoms with Crippen LogP contribution in [-0.2, 0) is 0 Å². The Bertz CT molecular complexity index is 642. The third kappa shape index (κ3) is 3.00. The number of thioether (sulfide) groups is 1. The average Bonchev–Trinajstić information content (AvgIpc) is 2.82. The molecule has 0 spiro atoms. The van der Waals surface area contributed by atoms with Crippen molar-refractivity contribution in [3.8, 4) is 11.4 Å². The van der Waals surface area contributed by atoms with Crippen LogP contribution >= 0.6 is 11.8 Å². The van der Waals surface area contributed by atoms with Gasteiger partial charge in [0.05, 0.1) is 0 Å². The fourth-order valence-electron chi connectivity index (χ4n) is 2.80. The van der Waals surface area contributed by atoms with E-state index in [0.717, 1.165) is 11.0 Å². The number of rotatable bonds is 4. The molecule has 2 rings (SSSR count). The third-order valence-corrected chi connectivity index (χ3v) is 4.48. The predicted octanol–water partition coefficient (Wildman–Crippen LogP) is 4.99. The van der Waals surface area contributed by atoms with Crippen molar-refractivity contribution in [1.29, 1.82) is 0 Å². The monoisotopic (exact) mass is 303 g/mol. The minimum atomic E-state index is 0.348. The Hall–Kier alpha value is -1.29. The second kappa shape index (κ2) is 6.22. The van der Waals surface area contributed by atoms with Crippen molar-refractivity contribution in [1.82, 2.24) is 14.8 Å². The van der Waals surface area contributed by atoms with Crippen LogP contribution in [0.4, 0.5) is 0 Å². The van der Waals surface area contributed by atoms with E-state index >= 15 is 0 Å². The van der Waals surface area contributed by atoms with E-state index in [2.05, 4.69) is 68.4 Å². The van der Waals surface area contributed by atoms with Gasteiger partial charge in [-0.2, -0.15) is 0 Å². The summed E-state index contributed by atoms with van der Waals surface area (Å²) in [6.45, 7) is 13.2. The summed E-state index contributed by atoms with van der Waals surface area (Å²) in [4.78, 5) is 0. The second-order valence-corrected chi connectivity index (χ2v) is 6.93. The minimum absolute atomic E-state index is 0.348. The van der Waals surface area contributed by atoms with Crippen molar-refractivity contribution in [2.24, 2.45) is 0 Å². The smallest absolute Gasteiger partial charge is 0.191 e. The first-order valence-corrected chi connectivity index (χ1v) is 8.69. The van der Waals surface area contributed by atoms with Crippen LogP contribution in [0.25, 0.3) is 11.4 Å². The molecule has 0 aliphatic rings. The largest absolute Gasteiger partial charge is 0.299 e. The van der Waals surface area contributed by atoms with E-state index in [0.29, 0.717) is 12.0 Å². The summed E-state index contributed by atoms with van der Waals surface area (Å²) in [6.07, 6.45) is 2.05. The summed E-state index contributed by atoms with van der Waals surface area (Å²) in [5, 5.41) is 9.79. The fourth-order valence-corrected chi connectivity index (χ4v) is 3.41. The first-order valence-electron chi connectivity index (χ1n) is 7.47. The van der Waals surface area contributed by atoms with Crippen LogP contribution in [-0.4, -0.2) is 21.0 Å². The Morgan fingerprint density at radius 3 is 2.19 bits per heavy atom. The van der Waals surface area contributed by atoms with Crippen LogP contribution < -0.4 is 0 Å². The molecule has 0 N–H and O–H groups in total. The van der Waals surface area contributed by atoms with Gasteiger partial charge < -0.3 is 0 Å². The Labute approximate surface area is 132 Å². The predicted molar refractivity (Wildman–Crippen MR) is 91.2 cm³/mol. The van der Waals surface area contributed by atoms with Gasteiger partial charge in [-0.1, -0.05) is 31.7 Å². The van der Waals surface area contributed by atoms with Crippen molar-refractivity contribution >= 4 is 11.8 Å². The molecule has 3 nitrogen and oxygen atoms in total. The molecule has 0 bridgehead atoms. The molecule has 2 aromatic rings. The Balaban J connectivity index is 2.67. The number of nitrogens with zero attached hydrogens (tertiary/aromatic N) is 3. The lowest BCUT2D eigenvalue weighted by Crippen LogP contribution is -2.06. The van der Waals surface area contributed by atoms with Gasteiger partial charge in [-0.25, -0.2) is 0 Å². The fraction of sp³-hybridized carbons (Fsp3) is 0.529. The molecule has 0 fully saturated rings. The minimum Gasteiger partial charge on any atom is -0.299 e. The average molecular weight is 303 g/mol. The molecule has 1 aromatic heterocycles. The highest BCUT2D eigenvalue weighted by molar-refractivity contribution is 7.98. The van der Waals surface area contributed by atoms with Crippen molar-refractivity contribution in [2.75, 3.05) is 6.26 Å². The summed E-state index contributed by atoms with van der Waals surface area (Å²) in [7, 11) is 0. The molecule has 1 aromatic carbocycles. The van der Waals surface area contributed by atoms with Gasteiger partial charge in [0.15, 0.2) is 11.0 Å². The van der Waals surface area contributed by atoms with Crippen molar-refractivity contribution in [3.05, 3.63) is 28.8 Å². The second-order valence-electron chi connectivity index (χ2n) is 6.15. The van der Waals surface area contributed by atoms with Gasteiger partial charge in [-0.05, 0) is 62.6 Å². The molecule has 0 amide bonds. The van der Waals surface area contributed by atoms with E-state index in [1.165, 1.54) is 22.3 Å². The molecule has 0 unspecified atom stereocenters. The van der Waals surface area contributed by atoms with Gasteiger partial charge in [0, 0.05) is 11.6 Å². The SMILES string of the molecule is CSc1nnc(-c2cc(C(C)C)c(C)cc2C)n1C(C)C. The number of aromatic nitrogens is 3. The molecule has 0 saturated heterocycles. The molecule has 0 atom stereocenters. The van der Waals surface area contributed by atoms with E-state index < -0.39 is 0 Å². The molecule has 0 aliphatic carbocycles. The van der Waals surface area contributed by atoms with Crippen molar-refractivity contribution < 1.29 is 0 Å². The van der Waals surface area contributed by atoms with Gasteiger partial charge in [0.2, 0.25) is 0 Å². The normalized spacial score (nSPS) is 11.7. The Morgan fingerprint density at radius 1 is 1.00 bits per heavy atom. The van der Waals surface area contributed by atoms with Gasteiger partial charge >= 0.3 is 0 Å². The first-order chi connectivity index (χ1) is 9.86. The lowest BCUT2D eigenvalue weighted by molar-refractivity contribution is 0.555. The Morgan fingerprint density at radius 2 is 1.67 bits per heavy atom. The topological polar surface area (TPSA) is 30.7 Å². The highest BCUT2D eigenvalue weighted by atomic mass is 32.2. The quantitative estimate of drug-likeness (QED) is 0.746. The summed E-state index contributed by atoms with van der Waals surface area (Å²) in [5.74, 6) is 1.49. The van der Waals surface area contributed by atoms with Gasteiger partial charge in [-0.15, -0.1) is 10.2 Å². The van der Waals surface area contributed by atoms with Crippen LogP contribution in [0.1, 0.15) is 56.3 Å². The van der Waals surface area contributed by atoms with Crippen LogP contribution in [0.2, 0.25) is 0 Å². The molecular weight excluding hydrogens is 278 g/mol. The van der Waals surface area contributed by atoms with Gasteiger partial charge in [0.25, 0.3) is 0 Å². The molecule has 114 valence electrons. The van der Waals surface area contributed by atoms with E-state index in [-0.39, 0.29) is 0 Å².